The van der Waals surface area contributed by atoms with Gasteiger partial charge in [-0.15, -0.1) is 12.4 Å². The Morgan fingerprint density at radius 1 is 1.57 bits per heavy atom. The molecule has 14 heavy (non-hydrogen) atoms. The number of halogens is 1. The van der Waals surface area contributed by atoms with E-state index in [0.717, 1.165) is 26.1 Å². The summed E-state index contributed by atoms with van der Waals surface area (Å²) in [5.41, 5.74) is -0.306. The Labute approximate surface area is 90.4 Å². The lowest BCUT2D eigenvalue weighted by molar-refractivity contribution is 0.0855. The van der Waals surface area contributed by atoms with Gasteiger partial charge in [-0.1, -0.05) is 0 Å². The van der Waals surface area contributed by atoms with E-state index < -0.39 is 0 Å². The van der Waals surface area contributed by atoms with Crippen LogP contribution in [0.1, 0.15) is 20.3 Å². The predicted molar refractivity (Wildman–Crippen MR) is 55.8 cm³/mol. The highest BCUT2D eigenvalue weighted by Gasteiger charge is 2.41. The van der Waals surface area contributed by atoms with E-state index in [2.05, 4.69) is 5.32 Å². The van der Waals surface area contributed by atoms with Crippen LogP contribution in [0.2, 0.25) is 0 Å². The molecule has 0 aromatic heterocycles. The van der Waals surface area contributed by atoms with Crippen LogP contribution in [0, 0.1) is 0 Å². The van der Waals surface area contributed by atoms with Crippen molar-refractivity contribution in [2.75, 3.05) is 19.6 Å². The number of carbonyl (C=O) groups is 1. The SMILES string of the molecule is CC1(C)CN(C2CCNC2)C(=O)O1.Cl. The van der Waals surface area contributed by atoms with Gasteiger partial charge in [-0.2, -0.15) is 0 Å². The van der Waals surface area contributed by atoms with Crippen molar-refractivity contribution in [3.05, 3.63) is 0 Å². The first-order chi connectivity index (χ1) is 6.08. The van der Waals surface area contributed by atoms with E-state index in [0.29, 0.717) is 6.04 Å². The van der Waals surface area contributed by atoms with E-state index in [1.54, 1.807) is 0 Å². The molecule has 0 radical (unpaired) electrons. The summed E-state index contributed by atoms with van der Waals surface area (Å²) in [4.78, 5) is 13.3. The number of hydrogen-bond acceptors (Lipinski definition) is 3. The molecule has 2 heterocycles. The van der Waals surface area contributed by atoms with Crippen molar-refractivity contribution < 1.29 is 9.53 Å². The zero-order valence-electron chi connectivity index (χ0n) is 8.58. The van der Waals surface area contributed by atoms with Gasteiger partial charge >= 0.3 is 6.09 Å². The van der Waals surface area contributed by atoms with Gasteiger partial charge in [0.25, 0.3) is 0 Å². The van der Waals surface area contributed by atoms with Crippen LogP contribution in [0.5, 0.6) is 0 Å². The van der Waals surface area contributed by atoms with Crippen LogP contribution in [0.4, 0.5) is 4.79 Å². The average Bonchev–Trinajstić information content (AvgIpc) is 2.56. The van der Waals surface area contributed by atoms with E-state index in [9.17, 15) is 4.79 Å². The summed E-state index contributed by atoms with van der Waals surface area (Å²) in [6, 6.07) is 0.342. The van der Waals surface area contributed by atoms with Crippen LogP contribution in [-0.4, -0.2) is 42.3 Å². The Kier molecular flexibility index (Phi) is 3.27. The van der Waals surface area contributed by atoms with E-state index >= 15 is 0 Å². The Morgan fingerprint density at radius 2 is 2.29 bits per heavy atom. The molecule has 0 aromatic carbocycles. The molecule has 1 amide bonds. The second-order valence-electron chi connectivity index (χ2n) is 4.40. The number of cyclic esters (lactones) is 1. The summed E-state index contributed by atoms with van der Waals surface area (Å²) >= 11 is 0. The van der Waals surface area contributed by atoms with Gasteiger partial charge in [0.05, 0.1) is 6.54 Å². The first-order valence-corrected chi connectivity index (χ1v) is 4.79. The molecule has 1 atom stereocenters. The molecule has 4 nitrogen and oxygen atoms in total. The van der Waals surface area contributed by atoms with Gasteiger partial charge in [0.1, 0.15) is 5.60 Å². The molecule has 2 aliphatic rings. The monoisotopic (exact) mass is 220 g/mol. The van der Waals surface area contributed by atoms with Gasteiger partial charge in [0, 0.05) is 12.6 Å². The van der Waals surface area contributed by atoms with Crippen molar-refractivity contribution in [1.82, 2.24) is 10.2 Å². The molecular formula is C9H17ClN2O2. The lowest BCUT2D eigenvalue weighted by Crippen LogP contribution is -2.38. The maximum absolute atomic E-state index is 11.5. The van der Waals surface area contributed by atoms with E-state index in [4.69, 9.17) is 4.74 Å². The number of hydrogen-bond donors (Lipinski definition) is 1. The number of nitrogens with one attached hydrogen (secondary N) is 1. The first-order valence-electron chi connectivity index (χ1n) is 4.79. The molecule has 2 rings (SSSR count). The molecule has 0 bridgehead atoms. The third kappa shape index (κ3) is 2.12. The first kappa shape index (κ1) is 11.6. The number of carbonyl (C=O) groups excluding carboxylic acids is 1. The fourth-order valence-electron chi connectivity index (χ4n) is 1.99. The van der Waals surface area contributed by atoms with Crippen molar-refractivity contribution >= 4 is 18.5 Å². The summed E-state index contributed by atoms with van der Waals surface area (Å²) in [5, 5.41) is 3.25. The molecule has 2 saturated heterocycles. The Hall–Kier alpha value is -0.480. The topological polar surface area (TPSA) is 41.6 Å². The minimum absolute atomic E-state index is 0. The normalized spacial score (nSPS) is 30.0. The van der Waals surface area contributed by atoms with Crippen LogP contribution in [0.25, 0.3) is 0 Å². The number of ether oxygens (including phenoxy) is 1. The summed E-state index contributed by atoms with van der Waals surface area (Å²) in [6.07, 6.45) is 0.893. The fraction of sp³-hybridized carbons (Fsp3) is 0.889. The fourth-order valence-corrected chi connectivity index (χ4v) is 1.99. The smallest absolute Gasteiger partial charge is 0.410 e. The third-order valence-electron chi connectivity index (χ3n) is 2.62. The Bertz CT molecular complexity index is 227. The third-order valence-corrected chi connectivity index (χ3v) is 2.62. The molecule has 82 valence electrons. The summed E-state index contributed by atoms with van der Waals surface area (Å²) in [7, 11) is 0. The Balaban J connectivity index is 0.000000980. The lowest BCUT2D eigenvalue weighted by Gasteiger charge is -2.21. The minimum atomic E-state index is -0.306. The van der Waals surface area contributed by atoms with Crippen LogP contribution in [0.3, 0.4) is 0 Å². The van der Waals surface area contributed by atoms with Crippen molar-refractivity contribution in [3.63, 3.8) is 0 Å². The van der Waals surface area contributed by atoms with E-state index in [1.165, 1.54) is 0 Å². The van der Waals surface area contributed by atoms with Crippen LogP contribution in [-0.2, 0) is 4.74 Å². The van der Waals surface area contributed by atoms with Gasteiger partial charge in [0.15, 0.2) is 0 Å². The van der Waals surface area contributed by atoms with Crippen molar-refractivity contribution in [1.29, 1.82) is 0 Å². The summed E-state index contributed by atoms with van der Waals surface area (Å²) in [6.45, 7) is 6.54. The highest BCUT2D eigenvalue weighted by Crippen LogP contribution is 2.25. The maximum atomic E-state index is 11.5. The lowest BCUT2D eigenvalue weighted by atomic mass is 10.1. The van der Waals surface area contributed by atoms with Gasteiger partial charge in [0.2, 0.25) is 0 Å². The highest BCUT2D eigenvalue weighted by atomic mass is 35.5. The van der Waals surface area contributed by atoms with Gasteiger partial charge < -0.3 is 10.1 Å². The van der Waals surface area contributed by atoms with Crippen LogP contribution >= 0.6 is 12.4 Å². The molecule has 0 aromatic rings. The van der Waals surface area contributed by atoms with Crippen molar-refractivity contribution in [2.45, 2.75) is 31.9 Å². The second-order valence-corrected chi connectivity index (χ2v) is 4.40. The molecule has 0 aliphatic carbocycles. The number of rotatable bonds is 1. The molecule has 5 heteroatoms. The molecule has 0 saturated carbocycles. The van der Waals surface area contributed by atoms with Crippen molar-refractivity contribution in [2.24, 2.45) is 0 Å². The van der Waals surface area contributed by atoms with Gasteiger partial charge in [-0.3, -0.25) is 4.90 Å². The zero-order valence-corrected chi connectivity index (χ0v) is 9.39. The average molecular weight is 221 g/mol. The summed E-state index contributed by atoms with van der Waals surface area (Å²) in [5.74, 6) is 0. The number of nitrogens with zero attached hydrogens (tertiary/aromatic N) is 1. The predicted octanol–water partition coefficient (Wildman–Crippen LogP) is 1.00. The van der Waals surface area contributed by atoms with Gasteiger partial charge in [-0.25, -0.2) is 4.79 Å². The van der Waals surface area contributed by atoms with Crippen LogP contribution < -0.4 is 5.32 Å². The highest BCUT2D eigenvalue weighted by molar-refractivity contribution is 5.85. The maximum Gasteiger partial charge on any atom is 0.410 e. The summed E-state index contributed by atoms with van der Waals surface area (Å²) < 4.78 is 5.23. The molecule has 1 N–H and O–H groups in total. The molecule has 1 unspecified atom stereocenters. The Morgan fingerprint density at radius 3 is 2.71 bits per heavy atom. The molecule has 2 aliphatic heterocycles. The standard InChI is InChI=1S/C9H16N2O2.ClH/c1-9(2)6-11(8(12)13-9)7-3-4-10-5-7;/h7,10H,3-6H2,1-2H3;1H. The van der Waals surface area contributed by atoms with E-state index in [1.807, 2.05) is 18.7 Å². The molecule has 2 fully saturated rings. The number of amides is 1. The minimum Gasteiger partial charge on any atom is -0.441 e. The zero-order chi connectivity index (χ0) is 9.47. The quantitative estimate of drug-likeness (QED) is 0.717. The van der Waals surface area contributed by atoms with Gasteiger partial charge in [-0.05, 0) is 26.8 Å². The van der Waals surface area contributed by atoms with Crippen LogP contribution in [0.15, 0.2) is 0 Å². The van der Waals surface area contributed by atoms with Crippen molar-refractivity contribution in [3.8, 4) is 0 Å². The van der Waals surface area contributed by atoms with E-state index in [-0.39, 0.29) is 24.1 Å². The molecular weight excluding hydrogens is 204 g/mol. The second kappa shape index (κ2) is 3.95. The molecule has 0 spiro atoms. The largest absolute Gasteiger partial charge is 0.441 e.